The highest BCUT2D eigenvalue weighted by Gasteiger charge is 2.42. The number of hydrogen-bond acceptors (Lipinski definition) is 8. The number of anilines is 1. The molecule has 2 N–H and O–H groups in total. The molecule has 0 radical (unpaired) electrons. The van der Waals surface area contributed by atoms with Crippen molar-refractivity contribution >= 4 is 41.0 Å². The second kappa shape index (κ2) is 17.6. The third kappa shape index (κ3) is 10.8. The number of piperidine rings is 1. The molecule has 51 heavy (non-hydrogen) atoms. The summed E-state index contributed by atoms with van der Waals surface area (Å²) in [6, 6.07) is 5.87. The van der Waals surface area contributed by atoms with Gasteiger partial charge in [-0.2, -0.15) is 13.2 Å². The van der Waals surface area contributed by atoms with Crippen LogP contribution in [0.5, 0.6) is 0 Å². The van der Waals surface area contributed by atoms with E-state index >= 15 is 0 Å². The van der Waals surface area contributed by atoms with Crippen molar-refractivity contribution in [2.75, 3.05) is 63.8 Å². The SMILES string of the molecule is Cc1ccc(N(CCCN2CC3CN(C(=O)c4c(C)ncnc4C)CC3C2)C(=O)C2CCN(CCCC(=O)O)CC2)cc1Cl.O=C(O)C(F)(F)F. The van der Waals surface area contributed by atoms with Crippen LogP contribution >= 0.6 is 11.6 Å². The predicted octanol–water partition coefficient (Wildman–Crippen LogP) is 4.69. The Labute approximate surface area is 300 Å². The maximum Gasteiger partial charge on any atom is 0.490 e. The third-order valence-corrected chi connectivity index (χ3v) is 10.3. The lowest BCUT2D eigenvalue weighted by atomic mass is 9.94. The van der Waals surface area contributed by atoms with Crippen LogP contribution in [0.4, 0.5) is 18.9 Å². The van der Waals surface area contributed by atoms with E-state index in [1.165, 1.54) is 6.33 Å². The number of hydrogen-bond donors (Lipinski definition) is 2. The number of likely N-dealkylation sites (tertiary alicyclic amines) is 3. The fraction of sp³-hybridized carbons (Fsp3) is 0.600. The largest absolute Gasteiger partial charge is 0.490 e. The third-order valence-electron chi connectivity index (χ3n) is 9.92. The average Bonchev–Trinajstić information content (AvgIpc) is 3.63. The van der Waals surface area contributed by atoms with Gasteiger partial charge in [0.25, 0.3) is 5.91 Å². The number of carbonyl (C=O) groups is 4. The Morgan fingerprint density at radius 2 is 1.47 bits per heavy atom. The number of halogens is 4. The van der Waals surface area contributed by atoms with Crippen molar-refractivity contribution in [2.45, 2.75) is 59.1 Å². The van der Waals surface area contributed by atoms with Crippen molar-refractivity contribution in [3.63, 3.8) is 0 Å². The van der Waals surface area contributed by atoms with Crippen LogP contribution in [-0.2, 0) is 14.4 Å². The molecule has 0 aliphatic carbocycles. The Morgan fingerprint density at radius 1 is 0.902 bits per heavy atom. The fourth-order valence-electron chi connectivity index (χ4n) is 7.15. The van der Waals surface area contributed by atoms with E-state index in [1.54, 1.807) is 0 Å². The molecule has 3 aliphatic rings. The minimum atomic E-state index is -5.08. The molecule has 3 fully saturated rings. The number of aliphatic carboxylic acids is 2. The van der Waals surface area contributed by atoms with Gasteiger partial charge in [0, 0.05) is 55.8 Å². The van der Waals surface area contributed by atoms with Gasteiger partial charge in [0.05, 0.1) is 17.0 Å². The summed E-state index contributed by atoms with van der Waals surface area (Å²) in [7, 11) is 0. The Bertz CT molecular complexity index is 1540. The van der Waals surface area contributed by atoms with Crippen molar-refractivity contribution in [3.8, 4) is 0 Å². The number of nitrogens with zero attached hydrogens (tertiary/aromatic N) is 6. The van der Waals surface area contributed by atoms with Gasteiger partial charge in [-0.05, 0) is 102 Å². The van der Waals surface area contributed by atoms with Gasteiger partial charge in [-0.25, -0.2) is 14.8 Å². The first-order chi connectivity index (χ1) is 24.0. The van der Waals surface area contributed by atoms with Gasteiger partial charge in [0.15, 0.2) is 0 Å². The minimum Gasteiger partial charge on any atom is -0.481 e. The molecule has 2 atom stereocenters. The number of benzene rings is 1. The zero-order valence-electron chi connectivity index (χ0n) is 29.2. The van der Waals surface area contributed by atoms with Gasteiger partial charge in [0.1, 0.15) is 6.33 Å². The smallest absolute Gasteiger partial charge is 0.481 e. The lowest BCUT2D eigenvalue weighted by Crippen LogP contribution is -2.44. The topological polar surface area (TPSA) is 147 Å². The van der Waals surface area contributed by atoms with Crippen LogP contribution in [0.2, 0.25) is 5.02 Å². The summed E-state index contributed by atoms with van der Waals surface area (Å²) in [5, 5.41) is 16.7. The zero-order valence-corrected chi connectivity index (χ0v) is 29.9. The van der Waals surface area contributed by atoms with Crippen LogP contribution in [-0.4, -0.2) is 124 Å². The molecular formula is C35H46ClF3N6O6. The first kappa shape index (κ1) is 40.0. The van der Waals surface area contributed by atoms with Crippen molar-refractivity contribution in [1.82, 2.24) is 24.7 Å². The molecule has 3 saturated heterocycles. The van der Waals surface area contributed by atoms with E-state index in [-0.39, 0.29) is 24.2 Å². The van der Waals surface area contributed by atoms with Gasteiger partial charge in [-0.1, -0.05) is 17.7 Å². The van der Waals surface area contributed by atoms with Crippen LogP contribution < -0.4 is 4.90 Å². The molecule has 1 aromatic heterocycles. The summed E-state index contributed by atoms with van der Waals surface area (Å²) >= 11 is 6.49. The average molecular weight is 739 g/mol. The van der Waals surface area contributed by atoms with E-state index in [0.717, 1.165) is 94.3 Å². The van der Waals surface area contributed by atoms with Gasteiger partial charge in [-0.3, -0.25) is 14.4 Å². The van der Waals surface area contributed by atoms with E-state index < -0.39 is 18.1 Å². The summed E-state index contributed by atoms with van der Waals surface area (Å²) in [5.74, 6) is -2.47. The number of alkyl halides is 3. The summed E-state index contributed by atoms with van der Waals surface area (Å²) in [5.41, 5.74) is 3.93. The van der Waals surface area contributed by atoms with E-state index in [0.29, 0.717) is 35.4 Å². The molecule has 0 bridgehead atoms. The van der Waals surface area contributed by atoms with Crippen molar-refractivity contribution in [2.24, 2.45) is 17.8 Å². The van der Waals surface area contributed by atoms with Crippen LogP contribution in [0.3, 0.4) is 0 Å². The molecule has 3 aliphatic heterocycles. The number of carboxylic acid groups (broad SMARTS) is 2. The van der Waals surface area contributed by atoms with Crippen LogP contribution in [0, 0.1) is 38.5 Å². The highest BCUT2D eigenvalue weighted by Crippen LogP contribution is 2.33. The number of carboxylic acids is 2. The van der Waals surface area contributed by atoms with Crippen LogP contribution in [0.15, 0.2) is 24.5 Å². The second-order valence-corrected chi connectivity index (χ2v) is 14.0. The number of amides is 2. The first-order valence-corrected chi connectivity index (χ1v) is 17.5. The number of aromatic nitrogens is 2. The molecule has 0 saturated carbocycles. The summed E-state index contributed by atoms with van der Waals surface area (Å²) in [6.07, 6.45) is -0.348. The number of fused-ring (bicyclic) bond motifs is 1. The molecule has 5 rings (SSSR count). The molecule has 280 valence electrons. The molecule has 12 nitrogen and oxygen atoms in total. The summed E-state index contributed by atoms with van der Waals surface area (Å²) in [4.78, 5) is 64.1. The van der Waals surface area contributed by atoms with Crippen molar-refractivity contribution in [1.29, 1.82) is 0 Å². The highest BCUT2D eigenvalue weighted by atomic mass is 35.5. The van der Waals surface area contributed by atoms with E-state index in [9.17, 15) is 27.6 Å². The molecule has 2 aromatic rings. The van der Waals surface area contributed by atoms with Gasteiger partial charge in [0.2, 0.25) is 5.91 Å². The standard InChI is InChI=1S/C33H45ClN6O4.C2HF3O2/c1-22-7-8-28(16-29(22)34)40(32(43)25-9-14-37(15-10-25)11-4-6-30(41)42)13-5-12-38-17-26-19-39(20-27(26)18-38)33(44)31-23(2)35-21-36-24(31)3;3-2(4,5)1(6)7/h7-8,16,21,25-27H,4-6,9-15,17-20H2,1-3H3,(H,41,42);(H,6,7). The summed E-state index contributed by atoms with van der Waals surface area (Å²) < 4.78 is 31.7. The molecule has 0 spiro atoms. The second-order valence-electron chi connectivity index (χ2n) is 13.6. The van der Waals surface area contributed by atoms with E-state index in [2.05, 4.69) is 19.8 Å². The number of aryl methyl sites for hydroxylation is 3. The monoisotopic (exact) mass is 738 g/mol. The lowest BCUT2D eigenvalue weighted by Gasteiger charge is -2.34. The zero-order chi connectivity index (χ0) is 37.5. The van der Waals surface area contributed by atoms with Crippen molar-refractivity contribution in [3.05, 3.63) is 52.1 Å². The number of rotatable bonds is 11. The molecular weight excluding hydrogens is 693 g/mol. The first-order valence-electron chi connectivity index (χ1n) is 17.2. The van der Waals surface area contributed by atoms with Crippen LogP contribution in [0.1, 0.15) is 59.4 Å². The molecule has 1 aromatic carbocycles. The van der Waals surface area contributed by atoms with Crippen LogP contribution in [0.25, 0.3) is 0 Å². The molecule has 4 heterocycles. The predicted molar refractivity (Wildman–Crippen MR) is 184 cm³/mol. The summed E-state index contributed by atoms with van der Waals surface area (Å²) in [6.45, 7) is 13.0. The minimum absolute atomic E-state index is 0.0403. The number of carbonyl (C=O) groups excluding carboxylic acids is 2. The molecule has 2 amide bonds. The quantitative estimate of drug-likeness (QED) is 0.333. The maximum absolute atomic E-state index is 13.9. The Kier molecular flexibility index (Phi) is 13.8. The van der Waals surface area contributed by atoms with Gasteiger partial charge < -0.3 is 29.8 Å². The highest BCUT2D eigenvalue weighted by molar-refractivity contribution is 6.31. The van der Waals surface area contributed by atoms with E-state index in [4.69, 9.17) is 26.6 Å². The van der Waals surface area contributed by atoms with Gasteiger partial charge >= 0.3 is 18.1 Å². The Hall–Kier alpha value is -3.82. The van der Waals surface area contributed by atoms with Gasteiger partial charge in [-0.15, -0.1) is 0 Å². The fourth-order valence-corrected chi connectivity index (χ4v) is 7.32. The lowest BCUT2D eigenvalue weighted by molar-refractivity contribution is -0.192. The van der Waals surface area contributed by atoms with Crippen molar-refractivity contribution < 1.29 is 42.6 Å². The molecule has 16 heteroatoms. The molecule has 2 unspecified atom stereocenters. The maximum atomic E-state index is 13.9. The van der Waals surface area contributed by atoms with E-state index in [1.807, 2.05) is 48.8 Å². The normalized spacial score (nSPS) is 19.7. The Morgan fingerprint density at radius 3 is 2.00 bits per heavy atom. The Balaban J connectivity index is 0.000000755.